The predicted molar refractivity (Wildman–Crippen MR) is 78.3 cm³/mol. The Morgan fingerprint density at radius 2 is 2.21 bits per heavy atom. The van der Waals surface area contributed by atoms with Gasteiger partial charge in [0.1, 0.15) is 5.75 Å². The van der Waals surface area contributed by atoms with E-state index in [1.54, 1.807) is 25.6 Å². The Morgan fingerprint density at radius 1 is 1.37 bits per heavy atom. The molecule has 0 amide bonds. The molecule has 1 aromatic carbocycles. The minimum atomic E-state index is 0.0234. The van der Waals surface area contributed by atoms with Gasteiger partial charge in [-0.2, -0.15) is 0 Å². The Hall–Kier alpha value is -1.33. The molecular weight excluding hydrogens is 260 g/mol. The molecule has 5 heteroatoms. The van der Waals surface area contributed by atoms with Crippen molar-refractivity contribution in [1.29, 1.82) is 0 Å². The van der Waals surface area contributed by atoms with Crippen molar-refractivity contribution in [1.82, 2.24) is 4.98 Å². The van der Waals surface area contributed by atoms with Crippen molar-refractivity contribution in [3.8, 4) is 5.75 Å². The summed E-state index contributed by atoms with van der Waals surface area (Å²) < 4.78 is 12.0. The molecule has 0 unspecified atom stereocenters. The summed E-state index contributed by atoms with van der Waals surface area (Å²) in [6.45, 7) is 0.834. The third-order valence-corrected chi connectivity index (χ3v) is 4.83. The molecular formula is C14H18N2O2S. The molecule has 1 N–H and O–H groups in total. The average Bonchev–Trinajstić information content (AvgIpc) is 2.79. The molecule has 1 aliphatic rings. The van der Waals surface area contributed by atoms with Crippen molar-refractivity contribution in [2.24, 2.45) is 0 Å². The molecule has 1 saturated carbocycles. The summed E-state index contributed by atoms with van der Waals surface area (Å²) in [5.74, 6) is 0.870. The van der Waals surface area contributed by atoms with Gasteiger partial charge in [0.15, 0.2) is 5.13 Å². The summed E-state index contributed by atoms with van der Waals surface area (Å²) in [6, 6.07) is 5.95. The number of fused-ring (bicyclic) bond motifs is 1. The number of benzene rings is 1. The normalized spacial score (nSPS) is 17.2. The quantitative estimate of drug-likeness (QED) is 0.911. The van der Waals surface area contributed by atoms with E-state index in [2.05, 4.69) is 10.3 Å². The van der Waals surface area contributed by atoms with Gasteiger partial charge in [0.05, 0.1) is 22.9 Å². The van der Waals surface area contributed by atoms with Crippen LogP contribution in [0.5, 0.6) is 5.75 Å². The second-order valence-electron chi connectivity index (χ2n) is 4.95. The van der Waals surface area contributed by atoms with Gasteiger partial charge in [-0.15, -0.1) is 0 Å². The molecule has 0 bridgehead atoms. The zero-order valence-corrected chi connectivity index (χ0v) is 12.0. The van der Waals surface area contributed by atoms with E-state index < -0.39 is 0 Å². The molecule has 0 saturated heterocycles. The van der Waals surface area contributed by atoms with Gasteiger partial charge in [-0.05, 0) is 37.5 Å². The van der Waals surface area contributed by atoms with Gasteiger partial charge in [-0.1, -0.05) is 11.3 Å². The van der Waals surface area contributed by atoms with E-state index in [0.29, 0.717) is 0 Å². The van der Waals surface area contributed by atoms with Crippen molar-refractivity contribution < 1.29 is 9.47 Å². The highest BCUT2D eigenvalue weighted by atomic mass is 32.1. The first kappa shape index (κ1) is 12.7. The van der Waals surface area contributed by atoms with Gasteiger partial charge in [0.25, 0.3) is 0 Å². The number of thiazole rings is 1. The van der Waals surface area contributed by atoms with E-state index in [1.165, 1.54) is 6.42 Å². The van der Waals surface area contributed by atoms with Crippen LogP contribution in [0.25, 0.3) is 10.2 Å². The zero-order chi connectivity index (χ0) is 13.3. The highest BCUT2D eigenvalue weighted by molar-refractivity contribution is 7.22. The second kappa shape index (κ2) is 4.98. The lowest BCUT2D eigenvalue weighted by Crippen LogP contribution is -2.45. The molecule has 1 aliphatic carbocycles. The van der Waals surface area contributed by atoms with Gasteiger partial charge in [0.2, 0.25) is 0 Å². The first-order valence-electron chi connectivity index (χ1n) is 6.48. The molecule has 102 valence electrons. The molecule has 1 aromatic heterocycles. The molecule has 2 aromatic rings. The Bertz CT molecular complexity index is 572. The smallest absolute Gasteiger partial charge is 0.183 e. The Balaban J connectivity index is 1.74. The number of nitrogens with one attached hydrogen (secondary N) is 1. The highest BCUT2D eigenvalue weighted by Crippen LogP contribution is 2.36. The van der Waals surface area contributed by atoms with Crippen LogP contribution in [0.15, 0.2) is 18.2 Å². The van der Waals surface area contributed by atoms with E-state index in [4.69, 9.17) is 9.47 Å². The van der Waals surface area contributed by atoms with E-state index in [1.807, 2.05) is 18.2 Å². The number of hydrogen-bond donors (Lipinski definition) is 1. The number of hydrogen-bond acceptors (Lipinski definition) is 5. The summed E-state index contributed by atoms with van der Waals surface area (Å²) in [5, 5.41) is 4.36. The van der Waals surface area contributed by atoms with Gasteiger partial charge < -0.3 is 14.8 Å². The van der Waals surface area contributed by atoms with Crippen molar-refractivity contribution >= 4 is 26.7 Å². The summed E-state index contributed by atoms with van der Waals surface area (Å²) in [4.78, 5) is 4.58. The fourth-order valence-corrected chi connectivity index (χ4v) is 3.26. The maximum Gasteiger partial charge on any atom is 0.183 e. The maximum atomic E-state index is 5.60. The van der Waals surface area contributed by atoms with Gasteiger partial charge in [-0.25, -0.2) is 4.98 Å². The summed E-state index contributed by atoms with van der Waals surface area (Å²) in [7, 11) is 3.48. The monoisotopic (exact) mass is 278 g/mol. The third-order valence-electron chi connectivity index (χ3n) is 3.86. The van der Waals surface area contributed by atoms with E-state index in [0.717, 1.165) is 40.5 Å². The highest BCUT2D eigenvalue weighted by Gasteiger charge is 2.36. The molecule has 1 fully saturated rings. The lowest BCUT2D eigenvalue weighted by atomic mass is 9.80. The van der Waals surface area contributed by atoms with Crippen molar-refractivity contribution in [3.63, 3.8) is 0 Å². The topological polar surface area (TPSA) is 43.4 Å². The number of anilines is 1. The lowest BCUT2D eigenvalue weighted by molar-refractivity contribution is -0.0601. The van der Waals surface area contributed by atoms with Crippen molar-refractivity contribution in [3.05, 3.63) is 18.2 Å². The van der Waals surface area contributed by atoms with E-state index >= 15 is 0 Å². The Kier molecular flexibility index (Phi) is 3.33. The first-order chi connectivity index (χ1) is 9.24. The largest absolute Gasteiger partial charge is 0.497 e. The summed E-state index contributed by atoms with van der Waals surface area (Å²) >= 11 is 1.65. The molecule has 3 rings (SSSR count). The van der Waals surface area contributed by atoms with Gasteiger partial charge >= 0.3 is 0 Å². The molecule has 1 heterocycles. The summed E-state index contributed by atoms with van der Waals surface area (Å²) in [6.07, 6.45) is 3.52. The fraction of sp³-hybridized carbons (Fsp3) is 0.500. The number of ether oxygens (including phenoxy) is 2. The van der Waals surface area contributed by atoms with Crippen LogP contribution in [0.1, 0.15) is 19.3 Å². The van der Waals surface area contributed by atoms with Gasteiger partial charge in [0, 0.05) is 13.7 Å². The van der Waals surface area contributed by atoms with Crippen LogP contribution in [0, 0.1) is 0 Å². The molecule has 0 aliphatic heterocycles. The number of nitrogens with zero attached hydrogens (tertiary/aromatic N) is 1. The third kappa shape index (κ3) is 2.40. The van der Waals surface area contributed by atoms with Crippen LogP contribution in [-0.4, -0.2) is 31.3 Å². The lowest BCUT2D eigenvalue weighted by Gasteiger charge is -2.40. The van der Waals surface area contributed by atoms with Crippen LogP contribution in [-0.2, 0) is 4.74 Å². The second-order valence-corrected chi connectivity index (χ2v) is 5.98. The molecule has 0 radical (unpaired) electrons. The number of aromatic nitrogens is 1. The van der Waals surface area contributed by atoms with Crippen molar-refractivity contribution in [2.75, 3.05) is 26.1 Å². The summed E-state index contributed by atoms with van der Waals surface area (Å²) in [5.41, 5.74) is 1.03. The zero-order valence-electron chi connectivity index (χ0n) is 11.2. The van der Waals surface area contributed by atoms with Crippen LogP contribution >= 0.6 is 11.3 Å². The molecule has 0 atom stereocenters. The maximum absolute atomic E-state index is 5.60. The van der Waals surface area contributed by atoms with Crippen LogP contribution in [0.2, 0.25) is 0 Å². The van der Waals surface area contributed by atoms with Crippen LogP contribution in [0.3, 0.4) is 0 Å². The average molecular weight is 278 g/mol. The Labute approximate surface area is 116 Å². The minimum Gasteiger partial charge on any atom is -0.497 e. The molecule has 19 heavy (non-hydrogen) atoms. The fourth-order valence-electron chi connectivity index (χ4n) is 2.37. The molecule has 4 nitrogen and oxygen atoms in total. The predicted octanol–water partition coefficient (Wildman–Crippen LogP) is 3.29. The van der Waals surface area contributed by atoms with Crippen LogP contribution in [0.4, 0.5) is 5.13 Å². The van der Waals surface area contributed by atoms with E-state index in [-0.39, 0.29) is 5.60 Å². The number of methoxy groups -OCH3 is 2. The van der Waals surface area contributed by atoms with Gasteiger partial charge in [-0.3, -0.25) is 0 Å². The van der Waals surface area contributed by atoms with Crippen molar-refractivity contribution in [2.45, 2.75) is 24.9 Å². The number of rotatable bonds is 5. The Morgan fingerprint density at radius 3 is 2.84 bits per heavy atom. The van der Waals surface area contributed by atoms with E-state index in [9.17, 15) is 0 Å². The minimum absolute atomic E-state index is 0.0234. The first-order valence-corrected chi connectivity index (χ1v) is 7.30. The molecule has 0 spiro atoms. The SMILES string of the molecule is COc1ccc2nc(NCC3(OC)CCC3)sc2c1. The van der Waals surface area contributed by atoms with Crippen LogP contribution < -0.4 is 10.1 Å². The standard InChI is InChI=1S/C14H18N2O2S/c1-17-10-4-5-11-12(8-10)19-13(16-11)15-9-14(18-2)6-3-7-14/h4-5,8H,3,6-7,9H2,1-2H3,(H,15,16).